The lowest BCUT2D eigenvalue weighted by Gasteiger charge is -2.30. The van der Waals surface area contributed by atoms with Gasteiger partial charge in [0.25, 0.3) is 0 Å². The summed E-state index contributed by atoms with van der Waals surface area (Å²) in [6.45, 7) is 0.903. The average Bonchev–Trinajstić information content (AvgIpc) is 2.91. The molecule has 0 radical (unpaired) electrons. The average molecular weight is 336 g/mol. The van der Waals surface area contributed by atoms with Crippen LogP contribution in [-0.2, 0) is 6.54 Å². The second-order valence-electron chi connectivity index (χ2n) is 6.35. The van der Waals surface area contributed by atoms with Crippen LogP contribution in [-0.4, -0.2) is 41.8 Å². The van der Waals surface area contributed by atoms with E-state index >= 15 is 0 Å². The van der Waals surface area contributed by atoms with Crippen molar-refractivity contribution in [2.24, 2.45) is 0 Å². The molecule has 4 nitrogen and oxygen atoms in total. The van der Waals surface area contributed by atoms with Crippen molar-refractivity contribution in [3.05, 3.63) is 30.0 Å². The van der Waals surface area contributed by atoms with Crippen LogP contribution >= 0.6 is 0 Å². The number of piperidine rings is 1. The third kappa shape index (κ3) is 3.65. The number of benzene rings is 1. The summed E-state index contributed by atoms with van der Waals surface area (Å²) < 4.78 is 39.3. The van der Waals surface area contributed by atoms with Crippen LogP contribution in [0.5, 0.6) is 0 Å². The lowest BCUT2D eigenvalue weighted by Crippen LogP contribution is -2.36. The minimum atomic E-state index is -4.30. The molecule has 0 bridgehead atoms. The predicted molar refractivity (Wildman–Crippen MR) is 86.8 cm³/mol. The maximum absolute atomic E-state index is 12.7. The Morgan fingerprint density at radius 1 is 1.29 bits per heavy atom. The van der Waals surface area contributed by atoms with Crippen molar-refractivity contribution in [1.82, 2.24) is 9.47 Å². The highest BCUT2D eigenvalue weighted by Crippen LogP contribution is 2.30. The summed E-state index contributed by atoms with van der Waals surface area (Å²) in [5.74, 6) is 0. The van der Waals surface area contributed by atoms with Gasteiger partial charge in [0.15, 0.2) is 0 Å². The second-order valence-corrected chi connectivity index (χ2v) is 6.35. The molecular formula is C17H19F3N4. The van der Waals surface area contributed by atoms with Gasteiger partial charge in [-0.05, 0) is 51.2 Å². The lowest BCUT2D eigenvalue weighted by atomic mass is 10.0. The van der Waals surface area contributed by atoms with Crippen LogP contribution in [0.15, 0.2) is 24.4 Å². The molecule has 0 aliphatic carbocycles. The first-order valence-corrected chi connectivity index (χ1v) is 7.90. The zero-order chi connectivity index (χ0) is 17.3. The molecule has 0 atom stereocenters. The molecule has 7 heteroatoms. The van der Waals surface area contributed by atoms with Crippen LogP contribution < -0.4 is 5.32 Å². The maximum atomic E-state index is 12.7. The summed E-state index contributed by atoms with van der Waals surface area (Å²) >= 11 is 0. The van der Waals surface area contributed by atoms with E-state index in [-0.39, 0.29) is 6.04 Å². The molecule has 1 saturated heterocycles. The van der Waals surface area contributed by atoms with Gasteiger partial charge >= 0.3 is 6.18 Å². The summed E-state index contributed by atoms with van der Waals surface area (Å²) in [6.07, 6.45) is -0.925. The molecule has 24 heavy (non-hydrogen) atoms. The number of halogens is 3. The summed E-state index contributed by atoms with van der Waals surface area (Å²) in [4.78, 5) is 2.25. The van der Waals surface area contributed by atoms with Gasteiger partial charge < -0.3 is 14.8 Å². The quantitative estimate of drug-likeness (QED) is 0.932. The van der Waals surface area contributed by atoms with Crippen molar-refractivity contribution in [2.45, 2.75) is 31.6 Å². The van der Waals surface area contributed by atoms with Crippen LogP contribution in [0.2, 0.25) is 0 Å². The van der Waals surface area contributed by atoms with Gasteiger partial charge in [0.1, 0.15) is 6.54 Å². The molecule has 1 N–H and O–H groups in total. The number of hydrogen-bond acceptors (Lipinski definition) is 3. The summed E-state index contributed by atoms with van der Waals surface area (Å²) in [5, 5.41) is 13.3. The monoisotopic (exact) mass is 336 g/mol. The normalized spacial score (nSPS) is 17.1. The van der Waals surface area contributed by atoms with Gasteiger partial charge in [-0.3, -0.25) is 0 Å². The van der Waals surface area contributed by atoms with E-state index in [2.05, 4.69) is 17.3 Å². The van der Waals surface area contributed by atoms with E-state index in [9.17, 15) is 18.4 Å². The molecule has 0 amide bonds. The van der Waals surface area contributed by atoms with Gasteiger partial charge in [-0.1, -0.05) is 0 Å². The van der Waals surface area contributed by atoms with Crippen molar-refractivity contribution < 1.29 is 13.2 Å². The third-order valence-corrected chi connectivity index (χ3v) is 4.45. The van der Waals surface area contributed by atoms with Gasteiger partial charge in [0.2, 0.25) is 0 Å². The van der Waals surface area contributed by atoms with Gasteiger partial charge in [-0.15, -0.1) is 0 Å². The molecule has 1 aromatic carbocycles. The first-order valence-electron chi connectivity index (χ1n) is 7.90. The second kappa shape index (κ2) is 6.36. The highest BCUT2D eigenvalue weighted by molar-refractivity contribution is 5.94. The minimum Gasteiger partial charge on any atom is -0.382 e. The van der Waals surface area contributed by atoms with Crippen molar-refractivity contribution in [3.63, 3.8) is 0 Å². The van der Waals surface area contributed by atoms with Crippen molar-refractivity contribution in [2.75, 3.05) is 25.5 Å². The number of nitriles is 1. The Balaban J connectivity index is 1.94. The SMILES string of the molecule is CN1CCC(Nc2cc(C#N)cc3c2ccn3CC(F)(F)F)CC1. The van der Waals surface area contributed by atoms with E-state index in [4.69, 9.17) is 0 Å². The topological polar surface area (TPSA) is 44.0 Å². The van der Waals surface area contributed by atoms with E-state index in [1.165, 1.54) is 12.3 Å². The van der Waals surface area contributed by atoms with Crippen LogP contribution in [0, 0.1) is 11.3 Å². The molecule has 0 unspecified atom stereocenters. The fraction of sp³-hybridized carbons (Fsp3) is 0.471. The van der Waals surface area contributed by atoms with Gasteiger partial charge in [0, 0.05) is 23.3 Å². The molecular weight excluding hydrogens is 317 g/mol. The maximum Gasteiger partial charge on any atom is 0.406 e. The standard InChI is InChI=1S/C17H19F3N4/c1-23-5-2-13(3-6-23)22-15-8-12(10-21)9-16-14(15)4-7-24(16)11-17(18,19)20/h4,7-9,13,22H,2-3,5-6,11H2,1H3. The number of nitrogens with one attached hydrogen (secondary N) is 1. The number of anilines is 1. The summed E-state index contributed by atoms with van der Waals surface area (Å²) in [6, 6.07) is 7.22. The first kappa shape index (κ1) is 16.7. The fourth-order valence-electron chi connectivity index (χ4n) is 3.18. The van der Waals surface area contributed by atoms with E-state index < -0.39 is 12.7 Å². The molecule has 1 aromatic heterocycles. The van der Waals surface area contributed by atoms with Crippen LogP contribution in [0.4, 0.5) is 18.9 Å². The number of alkyl halides is 3. The molecule has 2 aromatic rings. The minimum absolute atomic E-state index is 0.268. The van der Waals surface area contributed by atoms with Crippen LogP contribution in [0.25, 0.3) is 10.9 Å². The largest absolute Gasteiger partial charge is 0.406 e. The number of hydrogen-bond donors (Lipinski definition) is 1. The Kier molecular flexibility index (Phi) is 4.41. The number of likely N-dealkylation sites (tertiary alicyclic amines) is 1. The number of fused-ring (bicyclic) bond motifs is 1. The van der Waals surface area contributed by atoms with E-state index in [0.29, 0.717) is 11.1 Å². The Morgan fingerprint density at radius 2 is 2.00 bits per heavy atom. The van der Waals surface area contributed by atoms with E-state index in [1.807, 2.05) is 6.07 Å². The van der Waals surface area contributed by atoms with Gasteiger partial charge in [-0.2, -0.15) is 18.4 Å². The molecule has 2 heterocycles. The van der Waals surface area contributed by atoms with Crippen molar-refractivity contribution in [1.29, 1.82) is 5.26 Å². The molecule has 1 aliphatic rings. The Hall–Kier alpha value is -2.20. The molecule has 0 spiro atoms. The van der Waals surface area contributed by atoms with Gasteiger partial charge in [0.05, 0.1) is 17.1 Å². The molecule has 1 fully saturated rings. The van der Waals surface area contributed by atoms with Crippen molar-refractivity contribution in [3.8, 4) is 6.07 Å². The first-order chi connectivity index (χ1) is 11.4. The van der Waals surface area contributed by atoms with Crippen molar-refractivity contribution >= 4 is 16.6 Å². The third-order valence-electron chi connectivity index (χ3n) is 4.45. The predicted octanol–water partition coefficient (Wildman–Crippen LogP) is 3.58. The Morgan fingerprint density at radius 3 is 2.62 bits per heavy atom. The summed E-state index contributed by atoms with van der Waals surface area (Å²) in [5.41, 5.74) is 1.53. The zero-order valence-electron chi connectivity index (χ0n) is 13.4. The van der Waals surface area contributed by atoms with Crippen LogP contribution in [0.3, 0.4) is 0 Å². The lowest BCUT2D eigenvalue weighted by molar-refractivity contribution is -0.139. The number of rotatable bonds is 3. The van der Waals surface area contributed by atoms with E-state index in [0.717, 1.165) is 41.6 Å². The van der Waals surface area contributed by atoms with Crippen LogP contribution in [0.1, 0.15) is 18.4 Å². The molecule has 3 rings (SSSR count). The molecule has 0 saturated carbocycles. The highest BCUT2D eigenvalue weighted by Gasteiger charge is 2.28. The summed E-state index contributed by atoms with van der Waals surface area (Å²) in [7, 11) is 2.07. The van der Waals surface area contributed by atoms with E-state index in [1.54, 1.807) is 12.1 Å². The molecule has 128 valence electrons. The highest BCUT2D eigenvalue weighted by atomic mass is 19.4. The molecule has 1 aliphatic heterocycles. The fourth-order valence-corrected chi connectivity index (χ4v) is 3.18. The Bertz CT molecular complexity index is 764. The number of aromatic nitrogens is 1. The Labute approximate surface area is 138 Å². The zero-order valence-corrected chi connectivity index (χ0v) is 13.4. The van der Waals surface area contributed by atoms with Gasteiger partial charge in [-0.25, -0.2) is 0 Å². The number of nitrogens with zero attached hydrogens (tertiary/aromatic N) is 3. The smallest absolute Gasteiger partial charge is 0.382 e.